The monoisotopic (exact) mass is 452 g/mol. The lowest BCUT2D eigenvalue weighted by Crippen LogP contribution is -2.63. The Kier molecular flexibility index (Phi) is 6.15. The average Bonchev–Trinajstić information content (AvgIpc) is 3.02. The smallest absolute Gasteiger partial charge is 0.123 e. The van der Waals surface area contributed by atoms with E-state index >= 15 is 0 Å². The summed E-state index contributed by atoms with van der Waals surface area (Å²) in [6, 6.07) is 32.1. The van der Waals surface area contributed by atoms with Gasteiger partial charge in [-0.1, -0.05) is 91.7 Å². The number of hydrogen-bond donors (Lipinski definition) is 2. The zero-order valence-corrected chi connectivity index (χ0v) is 20.1. The fraction of sp³-hybridized carbons (Fsp3) is 0.419. The standard InChI is InChI=1S/C31H36N2O/c1-34-27-18-9-8-15-24(27)20-32-30-29-23-16-10-17-25(29)26(19-23)33-31(30)28(21-11-4-2-5-12-21)22-13-6-3-7-14-22/h2-9,11-15,18,23,25-26,28-33H,10,16-17,19-20H2,1H3/t23-,25-,26+,29?,30?,31?/m1/s1. The normalized spacial score (nSPS) is 29.8. The molecule has 0 radical (unpaired) electrons. The molecule has 1 heterocycles. The number of hydrogen-bond acceptors (Lipinski definition) is 3. The Morgan fingerprint density at radius 1 is 0.882 bits per heavy atom. The molecule has 176 valence electrons. The highest BCUT2D eigenvalue weighted by atomic mass is 16.5. The molecule has 2 aliphatic carbocycles. The number of nitrogens with one attached hydrogen (secondary N) is 2. The van der Waals surface area contributed by atoms with E-state index in [0.29, 0.717) is 24.0 Å². The summed E-state index contributed by atoms with van der Waals surface area (Å²) in [5, 5.41) is 8.33. The second-order valence-electron chi connectivity index (χ2n) is 10.5. The highest BCUT2D eigenvalue weighted by Crippen LogP contribution is 2.53. The van der Waals surface area contributed by atoms with Gasteiger partial charge in [0.25, 0.3) is 0 Å². The van der Waals surface area contributed by atoms with Gasteiger partial charge >= 0.3 is 0 Å². The average molecular weight is 453 g/mol. The molecule has 0 amide bonds. The van der Waals surface area contributed by atoms with Crippen LogP contribution in [0.1, 0.15) is 48.3 Å². The minimum Gasteiger partial charge on any atom is -0.496 e. The van der Waals surface area contributed by atoms with Crippen LogP contribution in [0.4, 0.5) is 0 Å². The van der Waals surface area contributed by atoms with E-state index < -0.39 is 0 Å². The first kappa shape index (κ1) is 21.9. The molecular formula is C31H36N2O. The molecule has 6 atom stereocenters. The van der Waals surface area contributed by atoms with Crippen molar-refractivity contribution in [3.8, 4) is 5.75 Å². The second-order valence-corrected chi connectivity index (χ2v) is 10.5. The van der Waals surface area contributed by atoms with E-state index in [1.807, 2.05) is 0 Å². The Balaban J connectivity index is 1.38. The van der Waals surface area contributed by atoms with Gasteiger partial charge in [-0.05, 0) is 47.8 Å². The summed E-state index contributed by atoms with van der Waals surface area (Å²) in [7, 11) is 1.77. The fourth-order valence-corrected chi connectivity index (χ4v) is 7.51. The molecule has 3 heteroatoms. The minimum absolute atomic E-state index is 0.321. The third kappa shape index (κ3) is 3.95. The maximum absolute atomic E-state index is 5.68. The van der Waals surface area contributed by atoms with E-state index in [1.54, 1.807) is 7.11 Å². The van der Waals surface area contributed by atoms with Crippen LogP contribution in [0.25, 0.3) is 0 Å². The molecule has 0 spiro atoms. The minimum atomic E-state index is 0.321. The summed E-state index contributed by atoms with van der Waals surface area (Å²) < 4.78 is 5.68. The summed E-state index contributed by atoms with van der Waals surface area (Å²) in [5.41, 5.74) is 4.05. The Bertz CT molecular complexity index is 1050. The number of benzene rings is 3. The quantitative estimate of drug-likeness (QED) is 0.478. The third-order valence-electron chi connectivity index (χ3n) is 8.83. The van der Waals surface area contributed by atoms with Crippen molar-refractivity contribution in [1.82, 2.24) is 10.6 Å². The van der Waals surface area contributed by atoms with E-state index in [0.717, 1.165) is 30.0 Å². The summed E-state index contributed by atoms with van der Waals surface area (Å²) in [4.78, 5) is 0. The highest BCUT2D eigenvalue weighted by molar-refractivity contribution is 5.37. The molecule has 3 aromatic rings. The zero-order chi connectivity index (χ0) is 22.9. The van der Waals surface area contributed by atoms with Gasteiger partial charge in [0.2, 0.25) is 0 Å². The lowest BCUT2D eigenvalue weighted by Gasteiger charge is -2.49. The number of piperidine rings is 1. The van der Waals surface area contributed by atoms with Crippen LogP contribution in [0.15, 0.2) is 84.9 Å². The second kappa shape index (κ2) is 9.56. The Morgan fingerprint density at radius 2 is 1.56 bits per heavy atom. The first-order chi connectivity index (χ1) is 16.8. The molecule has 6 rings (SSSR count). The molecular weight excluding hydrogens is 416 g/mol. The maximum atomic E-state index is 5.68. The molecule has 3 nitrogen and oxygen atoms in total. The van der Waals surface area contributed by atoms with Gasteiger partial charge in [-0.25, -0.2) is 0 Å². The van der Waals surface area contributed by atoms with Crippen molar-refractivity contribution in [3.05, 3.63) is 102 Å². The molecule has 3 fully saturated rings. The van der Waals surface area contributed by atoms with Crippen LogP contribution in [0.3, 0.4) is 0 Å². The number of rotatable bonds is 7. The Morgan fingerprint density at radius 3 is 2.26 bits per heavy atom. The highest BCUT2D eigenvalue weighted by Gasteiger charge is 2.55. The van der Waals surface area contributed by atoms with Crippen molar-refractivity contribution in [2.75, 3.05) is 7.11 Å². The Hall–Kier alpha value is -2.62. The SMILES string of the molecule is COc1ccccc1CNC1C(C(c2ccccc2)c2ccccc2)N[C@H]2C[C@H]3CCC[C@H]2C13. The molecule has 4 bridgehead atoms. The van der Waals surface area contributed by atoms with Gasteiger partial charge in [0.05, 0.1) is 7.11 Å². The predicted molar refractivity (Wildman–Crippen MR) is 138 cm³/mol. The first-order valence-corrected chi connectivity index (χ1v) is 13.0. The van der Waals surface area contributed by atoms with Crippen LogP contribution in [0.5, 0.6) is 5.75 Å². The van der Waals surface area contributed by atoms with Crippen LogP contribution in [-0.2, 0) is 6.54 Å². The van der Waals surface area contributed by atoms with Crippen molar-refractivity contribution >= 4 is 0 Å². The van der Waals surface area contributed by atoms with Crippen molar-refractivity contribution < 1.29 is 4.74 Å². The molecule has 3 aromatic carbocycles. The van der Waals surface area contributed by atoms with E-state index in [9.17, 15) is 0 Å². The van der Waals surface area contributed by atoms with Gasteiger partial charge in [0, 0.05) is 36.2 Å². The van der Waals surface area contributed by atoms with Gasteiger partial charge in [0.1, 0.15) is 5.75 Å². The van der Waals surface area contributed by atoms with Crippen LogP contribution in [0, 0.1) is 17.8 Å². The summed E-state index contributed by atoms with van der Waals surface area (Å²) in [6.07, 6.45) is 5.50. The third-order valence-corrected chi connectivity index (χ3v) is 8.83. The van der Waals surface area contributed by atoms with Crippen LogP contribution >= 0.6 is 0 Å². The topological polar surface area (TPSA) is 33.3 Å². The fourth-order valence-electron chi connectivity index (χ4n) is 7.51. The molecule has 0 aromatic heterocycles. The van der Waals surface area contributed by atoms with Gasteiger partial charge < -0.3 is 15.4 Å². The van der Waals surface area contributed by atoms with Crippen molar-refractivity contribution in [2.45, 2.75) is 56.3 Å². The molecule has 3 unspecified atom stereocenters. The van der Waals surface area contributed by atoms with Crippen LogP contribution < -0.4 is 15.4 Å². The molecule has 34 heavy (non-hydrogen) atoms. The van der Waals surface area contributed by atoms with Gasteiger partial charge in [-0.2, -0.15) is 0 Å². The van der Waals surface area contributed by atoms with Crippen molar-refractivity contribution in [3.63, 3.8) is 0 Å². The lowest BCUT2D eigenvalue weighted by atomic mass is 9.66. The molecule has 2 saturated carbocycles. The first-order valence-electron chi connectivity index (χ1n) is 13.0. The number of ether oxygens (including phenoxy) is 1. The van der Waals surface area contributed by atoms with Crippen LogP contribution in [0.2, 0.25) is 0 Å². The largest absolute Gasteiger partial charge is 0.496 e. The van der Waals surface area contributed by atoms with Crippen LogP contribution in [-0.4, -0.2) is 25.2 Å². The van der Waals surface area contributed by atoms with E-state index in [2.05, 4.69) is 95.6 Å². The Labute approximate surface area is 203 Å². The summed E-state index contributed by atoms with van der Waals surface area (Å²) >= 11 is 0. The molecule has 3 aliphatic rings. The van der Waals surface area contributed by atoms with E-state index in [4.69, 9.17) is 4.74 Å². The predicted octanol–water partition coefficient (Wildman–Crippen LogP) is 5.76. The maximum Gasteiger partial charge on any atom is 0.123 e. The molecule has 2 N–H and O–H groups in total. The van der Waals surface area contributed by atoms with Gasteiger partial charge in [-0.15, -0.1) is 0 Å². The van der Waals surface area contributed by atoms with E-state index in [-0.39, 0.29) is 0 Å². The number of methoxy groups -OCH3 is 1. The molecule has 1 aliphatic heterocycles. The molecule has 1 saturated heterocycles. The van der Waals surface area contributed by atoms with Crippen molar-refractivity contribution in [1.29, 1.82) is 0 Å². The van der Waals surface area contributed by atoms with E-state index in [1.165, 1.54) is 42.4 Å². The zero-order valence-electron chi connectivity index (χ0n) is 20.1. The van der Waals surface area contributed by atoms with Gasteiger partial charge in [0.15, 0.2) is 0 Å². The lowest BCUT2D eigenvalue weighted by molar-refractivity contribution is 0.0919. The van der Waals surface area contributed by atoms with Gasteiger partial charge in [-0.3, -0.25) is 0 Å². The van der Waals surface area contributed by atoms with Crippen molar-refractivity contribution in [2.24, 2.45) is 17.8 Å². The number of para-hydroxylation sites is 1. The summed E-state index contributed by atoms with van der Waals surface area (Å²) in [5.74, 6) is 3.68. The summed E-state index contributed by atoms with van der Waals surface area (Å²) in [6.45, 7) is 0.837.